The SMILES string of the molecule is CC(CO)CN1CCCCC1C(=O)O. The van der Waals surface area contributed by atoms with Crippen molar-refractivity contribution in [3.05, 3.63) is 0 Å². The lowest BCUT2D eigenvalue weighted by molar-refractivity contribution is -0.144. The Kier molecular flexibility index (Phi) is 4.35. The van der Waals surface area contributed by atoms with Crippen LogP contribution in [0.25, 0.3) is 0 Å². The van der Waals surface area contributed by atoms with E-state index in [0.29, 0.717) is 6.54 Å². The van der Waals surface area contributed by atoms with E-state index in [2.05, 4.69) is 0 Å². The Morgan fingerprint density at radius 1 is 1.57 bits per heavy atom. The zero-order valence-corrected chi connectivity index (χ0v) is 8.65. The Morgan fingerprint density at radius 2 is 2.29 bits per heavy atom. The van der Waals surface area contributed by atoms with Crippen molar-refractivity contribution in [3.8, 4) is 0 Å². The average molecular weight is 201 g/mol. The normalized spacial score (nSPS) is 26.0. The van der Waals surface area contributed by atoms with E-state index < -0.39 is 5.97 Å². The van der Waals surface area contributed by atoms with Crippen molar-refractivity contribution in [1.82, 2.24) is 4.90 Å². The molecule has 2 N–H and O–H groups in total. The van der Waals surface area contributed by atoms with Crippen molar-refractivity contribution < 1.29 is 15.0 Å². The summed E-state index contributed by atoms with van der Waals surface area (Å²) in [6.07, 6.45) is 2.82. The third-order valence-corrected chi connectivity index (χ3v) is 2.76. The first kappa shape index (κ1) is 11.5. The highest BCUT2D eigenvalue weighted by Crippen LogP contribution is 2.18. The molecular weight excluding hydrogens is 182 g/mol. The van der Waals surface area contributed by atoms with Crippen LogP contribution in [0.3, 0.4) is 0 Å². The molecule has 0 aromatic rings. The third-order valence-electron chi connectivity index (χ3n) is 2.76. The Balaban J connectivity index is 2.49. The molecular formula is C10H19NO3. The second kappa shape index (κ2) is 5.32. The highest BCUT2D eigenvalue weighted by Gasteiger charge is 2.28. The molecule has 1 saturated heterocycles. The summed E-state index contributed by atoms with van der Waals surface area (Å²) in [5, 5.41) is 17.9. The van der Waals surface area contributed by atoms with Crippen molar-refractivity contribution in [2.45, 2.75) is 32.2 Å². The first-order valence-electron chi connectivity index (χ1n) is 5.23. The molecule has 1 rings (SSSR count). The van der Waals surface area contributed by atoms with Gasteiger partial charge in [0, 0.05) is 13.2 Å². The van der Waals surface area contributed by atoms with Gasteiger partial charge in [0.1, 0.15) is 6.04 Å². The van der Waals surface area contributed by atoms with Crippen molar-refractivity contribution in [2.75, 3.05) is 19.7 Å². The molecule has 0 amide bonds. The summed E-state index contributed by atoms with van der Waals surface area (Å²) in [5.41, 5.74) is 0. The van der Waals surface area contributed by atoms with Crippen LogP contribution in [-0.2, 0) is 4.79 Å². The van der Waals surface area contributed by atoms with Crippen LogP contribution in [0.4, 0.5) is 0 Å². The van der Waals surface area contributed by atoms with Gasteiger partial charge in [-0.15, -0.1) is 0 Å². The van der Waals surface area contributed by atoms with Crippen LogP contribution in [0.1, 0.15) is 26.2 Å². The summed E-state index contributed by atoms with van der Waals surface area (Å²) in [6, 6.07) is -0.335. The predicted molar refractivity (Wildman–Crippen MR) is 53.1 cm³/mol. The predicted octanol–water partition coefficient (Wildman–Crippen LogP) is 0.554. The minimum absolute atomic E-state index is 0.128. The molecule has 0 aromatic carbocycles. The van der Waals surface area contributed by atoms with Crippen LogP contribution in [0.2, 0.25) is 0 Å². The van der Waals surface area contributed by atoms with Crippen LogP contribution in [0.15, 0.2) is 0 Å². The second-order valence-electron chi connectivity index (χ2n) is 4.13. The molecule has 0 aromatic heterocycles. The number of rotatable bonds is 4. The average Bonchev–Trinajstić information content (AvgIpc) is 2.18. The summed E-state index contributed by atoms with van der Waals surface area (Å²) in [4.78, 5) is 12.9. The molecule has 0 spiro atoms. The maximum absolute atomic E-state index is 10.9. The number of hydrogen-bond donors (Lipinski definition) is 2. The van der Waals surface area contributed by atoms with Gasteiger partial charge >= 0.3 is 5.97 Å². The van der Waals surface area contributed by atoms with Gasteiger partial charge in [0.25, 0.3) is 0 Å². The summed E-state index contributed by atoms with van der Waals surface area (Å²) in [6.45, 7) is 3.60. The molecule has 0 radical (unpaired) electrons. The Morgan fingerprint density at radius 3 is 2.86 bits per heavy atom. The van der Waals surface area contributed by atoms with E-state index in [1.807, 2.05) is 11.8 Å². The number of carboxylic acid groups (broad SMARTS) is 1. The van der Waals surface area contributed by atoms with Gasteiger partial charge in [-0.2, -0.15) is 0 Å². The molecule has 1 aliphatic rings. The van der Waals surface area contributed by atoms with Crippen LogP contribution in [0.5, 0.6) is 0 Å². The minimum atomic E-state index is -0.727. The van der Waals surface area contributed by atoms with Crippen molar-refractivity contribution in [1.29, 1.82) is 0 Å². The smallest absolute Gasteiger partial charge is 0.320 e. The van der Waals surface area contributed by atoms with E-state index in [1.54, 1.807) is 0 Å². The lowest BCUT2D eigenvalue weighted by Crippen LogP contribution is -2.46. The maximum atomic E-state index is 10.9. The number of aliphatic carboxylic acids is 1. The van der Waals surface area contributed by atoms with Crippen LogP contribution in [0, 0.1) is 5.92 Å². The molecule has 1 aliphatic heterocycles. The fourth-order valence-electron chi connectivity index (χ4n) is 1.95. The molecule has 0 saturated carbocycles. The monoisotopic (exact) mass is 201 g/mol. The molecule has 2 atom stereocenters. The number of aliphatic hydroxyl groups is 1. The van der Waals surface area contributed by atoms with Crippen molar-refractivity contribution in [2.24, 2.45) is 5.92 Å². The van der Waals surface area contributed by atoms with Crippen molar-refractivity contribution in [3.63, 3.8) is 0 Å². The summed E-state index contributed by atoms with van der Waals surface area (Å²) in [7, 11) is 0. The standard InChI is InChI=1S/C10H19NO3/c1-8(7-12)6-11-5-3-2-4-9(11)10(13)14/h8-9,12H,2-7H2,1H3,(H,13,14). The number of aliphatic hydroxyl groups excluding tert-OH is 1. The molecule has 4 heteroatoms. The third kappa shape index (κ3) is 2.96. The first-order valence-corrected chi connectivity index (χ1v) is 5.23. The van der Waals surface area contributed by atoms with Gasteiger partial charge in [-0.25, -0.2) is 0 Å². The van der Waals surface area contributed by atoms with Gasteiger partial charge in [-0.05, 0) is 25.3 Å². The Bertz CT molecular complexity index is 196. The molecule has 1 fully saturated rings. The van der Waals surface area contributed by atoms with Crippen LogP contribution < -0.4 is 0 Å². The zero-order chi connectivity index (χ0) is 10.6. The number of nitrogens with zero attached hydrogens (tertiary/aromatic N) is 1. The minimum Gasteiger partial charge on any atom is -0.480 e. The Labute approximate surface area is 84.5 Å². The van der Waals surface area contributed by atoms with E-state index in [0.717, 1.165) is 25.8 Å². The number of carbonyl (C=O) groups is 1. The van der Waals surface area contributed by atoms with E-state index in [9.17, 15) is 4.79 Å². The maximum Gasteiger partial charge on any atom is 0.320 e. The van der Waals surface area contributed by atoms with Crippen LogP contribution in [-0.4, -0.2) is 46.8 Å². The van der Waals surface area contributed by atoms with Gasteiger partial charge < -0.3 is 10.2 Å². The molecule has 2 unspecified atom stereocenters. The largest absolute Gasteiger partial charge is 0.480 e. The molecule has 4 nitrogen and oxygen atoms in total. The fraction of sp³-hybridized carbons (Fsp3) is 0.900. The fourth-order valence-corrected chi connectivity index (χ4v) is 1.95. The van der Waals surface area contributed by atoms with Gasteiger partial charge in [0.05, 0.1) is 0 Å². The lowest BCUT2D eigenvalue weighted by Gasteiger charge is -2.34. The number of hydrogen-bond acceptors (Lipinski definition) is 3. The highest BCUT2D eigenvalue weighted by molar-refractivity contribution is 5.73. The second-order valence-corrected chi connectivity index (χ2v) is 4.13. The van der Waals surface area contributed by atoms with Gasteiger partial charge in [-0.3, -0.25) is 9.69 Å². The van der Waals surface area contributed by atoms with E-state index >= 15 is 0 Å². The Hall–Kier alpha value is -0.610. The van der Waals surface area contributed by atoms with E-state index in [-0.39, 0.29) is 18.6 Å². The molecule has 0 bridgehead atoms. The lowest BCUT2D eigenvalue weighted by atomic mass is 10.0. The molecule has 0 aliphatic carbocycles. The van der Waals surface area contributed by atoms with Crippen LogP contribution >= 0.6 is 0 Å². The zero-order valence-electron chi connectivity index (χ0n) is 8.65. The quantitative estimate of drug-likeness (QED) is 0.697. The summed E-state index contributed by atoms with van der Waals surface area (Å²) in [5.74, 6) is -0.565. The topological polar surface area (TPSA) is 60.8 Å². The van der Waals surface area contributed by atoms with E-state index in [4.69, 9.17) is 10.2 Å². The van der Waals surface area contributed by atoms with E-state index in [1.165, 1.54) is 0 Å². The van der Waals surface area contributed by atoms with Crippen molar-refractivity contribution >= 4 is 5.97 Å². The molecule has 82 valence electrons. The van der Waals surface area contributed by atoms with Gasteiger partial charge in [-0.1, -0.05) is 13.3 Å². The summed E-state index contributed by atoms with van der Waals surface area (Å²) < 4.78 is 0. The first-order chi connectivity index (χ1) is 6.65. The highest BCUT2D eigenvalue weighted by atomic mass is 16.4. The summed E-state index contributed by atoms with van der Waals surface area (Å²) >= 11 is 0. The van der Waals surface area contributed by atoms with Gasteiger partial charge in [0.15, 0.2) is 0 Å². The number of piperidine rings is 1. The molecule has 1 heterocycles. The molecule has 14 heavy (non-hydrogen) atoms. The number of likely N-dealkylation sites (tertiary alicyclic amines) is 1. The number of carboxylic acids is 1. The van der Waals surface area contributed by atoms with Gasteiger partial charge in [0.2, 0.25) is 0 Å².